The molecular formula is C20H28N2OS. The number of benzene rings is 1. The van der Waals surface area contributed by atoms with Crippen molar-refractivity contribution in [3.8, 4) is 0 Å². The second kappa shape index (κ2) is 8.26. The highest BCUT2D eigenvalue weighted by Gasteiger charge is 2.26. The lowest BCUT2D eigenvalue weighted by molar-refractivity contribution is 0.0506. The highest BCUT2D eigenvalue weighted by Crippen LogP contribution is 2.23. The summed E-state index contributed by atoms with van der Waals surface area (Å²) in [6.07, 6.45) is 3.45. The van der Waals surface area contributed by atoms with Gasteiger partial charge in [-0.15, -0.1) is 0 Å². The molecule has 1 fully saturated rings. The Morgan fingerprint density at radius 2 is 1.96 bits per heavy atom. The average Bonchev–Trinajstić information content (AvgIpc) is 3.16. The smallest absolute Gasteiger partial charge is 0.1000 e. The lowest BCUT2D eigenvalue weighted by Gasteiger charge is -2.34. The van der Waals surface area contributed by atoms with Crippen molar-refractivity contribution in [2.24, 2.45) is 0 Å². The zero-order chi connectivity index (χ0) is 16.8. The molecule has 130 valence electrons. The number of hydrogen-bond acceptors (Lipinski definition) is 4. The van der Waals surface area contributed by atoms with E-state index in [0.717, 1.165) is 44.5 Å². The summed E-state index contributed by atoms with van der Waals surface area (Å²) in [4.78, 5) is 2.56. The summed E-state index contributed by atoms with van der Waals surface area (Å²) >= 11 is 1.64. The van der Waals surface area contributed by atoms with Gasteiger partial charge in [-0.3, -0.25) is 0 Å². The summed E-state index contributed by atoms with van der Waals surface area (Å²) < 4.78 is 0. The Bertz CT molecular complexity index is 589. The molecule has 1 aliphatic heterocycles. The Labute approximate surface area is 149 Å². The zero-order valence-corrected chi connectivity index (χ0v) is 15.3. The minimum Gasteiger partial charge on any atom is -0.384 e. The molecule has 2 aromatic rings. The average molecular weight is 345 g/mol. The first kappa shape index (κ1) is 17.6. The van der Waals surface area contributed by atoms with Gasteiger partial charge >= 0.3 is 0 Å². The largest absolute Gasteiger partial charge is 0.384 e. The molecule has 0 unspecified atom stereocenters. The summed E-state index contributed by atoms with van der Waals surface area (Å²) in [5.74, 6) is 0. The number of hydrogen-bond donors (Lipinski definition) is 2. The number of piperidine rings is 1. The van der Waals surface area contributed by atoms with Gasteiger partial charge in [-0.05, 0) is 67.2 Å². The highest BCUT2D eigenvalue weighted by molar-refractivity contribution is 7.08. The van der Waals surface area contributed by atoms with E-state index < -0.39 is 5.60 Å². The van der Waals surface area contributed by atoms with Gasteiger partial charge in [0.25, 0.3) is 0 Å². The Kier molecular flexibility index (Phi) is 6.06. The fourth-order valence-electron chi connectivity index (χ4n) is 3.31. The predicted molar refractivity (Wildman–Crippen MR) is 102 cm³/mol. The maximum Gasteiger partial charge on any atom is 0.1000 e. The first-order chi connectivity index (χ1) is 11.6. The summed E-state index contributed by atoms with van der Waals surface area (Å²) in [6, 6.07) is 13.3. The maximum absolute atomic E-state index is 10.6. The number of rotatable bonds is 7. The SMILES string of the molecule is C[C@](O)(CNC1CCN(CCc2ccccc2)CC1)c1ccsc1. The molecule has 3 rings (SSSR count). The van der Waals surface area contributed by atoms with Crippen LogP contribution in [0.25, 0.3) is 0 Å². The summed E-state index contributed by atoms with van der Waals surface area (Å²) in [6.45, 7) is 5.95. The van der Waals surface area contributed by atoms with E-state index in [4.69, 9.17) is 0 Å². The maximum atomic E-state index is 10.6. The Morgan fingerprint density at radius 1 is 1.21 bits per heavy atom. The van der Waals surface area contributed by atoms with E-state index in [1.807, 2.05) is 23.8 Å². The summed E-state index contributed by atoms with van der Waals surface area (Å²) in [5.41, 5.74) is 1.66. The molecule has 1 aromatic heterocycles. The number of aliphatic hydroxyl groups is 1. The monoisotopic (exact) mass is 344 g/mol. The quantitative estimate of drug-likeness (QED) is 0.809. The molecule has 1 aliphatic rings. The van der Waals surface area contributed by atoms with Crippen molar-refractivity contribution in [3.05, 3.63) is 58.3 Å². The van der Waals surface area contributed by atoms with Crippen LogP contribution in [0.1, 0.15) is 30.9 Å². The third kappa shape index (κ3) is 4.90. The van der Waals surface area contributed by atoms with E-state index in [9.17, 15) is 5.11 Å². The lowest BCUT2D eigenvalue weighted by atomic mass is 9.97. The van der Waals surface area contributed by atoms with Gasteiger partial charge in [0.15, 0.2) is 0 Å². The fraction of sp³-hybridized carbons (Fsp3) is 0.500. The van der Waals surface area contributed by atoms with Crippen LogP contribution in [0.5, 0.6) is 0 Å². The topological polar surface area (TPSA) is 35.5 Å². The van der Waals surface area contributed by atoms with Crippen molar-refractivity contribution < 1.29 is 5.11 Å². The van der Waals surface area contributed by atoms with E-state index in [1.165, 1.54) is 5.56 Å². The molecule has 24 heavy (non-hydrogen) atoms. The molecule has 0 saturated carbocycles. The van der Waals surface area contributed by atoms with E-state index >= 15 is 0 Å². The van der Waals surface area contributed by atoms with Crippen LogP contribution in [-0.4, -0.2) is 42.2 Å². The van der Waals surface area contributed by atoms with Crippen LogP contribution in [-0.2, 0) is 12.0 Å². The van der Waals surface area contributed by atoms with Crippen LogP contribution in [0.2, 0.25) is 0 Å². The van der Waals surface area contributed by atoms with E-state index in [-0.39, 0.29) is 0 Å². The minimum atomic E-state index is -0.773. The molecule has 0 amide bonds. The predicted octanol–water partition coefficient (Wildman–Crippen LogP) is 3.25. The molecule has 1 saturated heterocycles. The summed E-state index contributed by atoms with van der Waals surface area (Å²) in [7, 11) is 0. The van der Waals surface area contributed by atoms with E-state index in [0.29, 0.717) is 12.6 Å². The van der Waals surface area contributed by atoms with Crippen molar-refractivity contribution >= 4 is 11.3 Å². The van der Waals surface area contributed by atoms with E-state index in [1.54, 1.807) is 11.3 Å². The molecule has 0 aliphatic carbocycles. The second-order valence-corrected chi connectivity index (χ2v) is 7.80. The molecule has 2 N–H and O–H groups in total. The molecule has 0 spiro atoms. The zero-order valence-electron chi connectivity index (χ0n) is 14.4. The van der Waals surface area contributed by atoms with Crippen molar-refractivity contribution in [1.29, 1.82) is 0 Å². The minimum absolute atomic E-state index is 0.517. The first-order valence-electron chi connectivity index (χ1n) is 8.88. The van der Waals surface area contributed by atoms with Gasteiger partial charge in [0.2, 0.25) is 0 Å². The van der Waals surface area contributed by atoms with Gasteiger partial charge in [-0.1, -0.05) is 30.3 Å². The van der Waals surface area contributed by atoms with Crippen LogP contribution in [0.15, 0.2) is 47.2 Å². The highest BCUT2D eigenvalue weighted by atomic mass is 32.1. The van der Waals surface area contributed by atoms with Gasteiger partial charge in [-0.25, -0.2) is 0 Å². The Hall–Kier alpha value is -1.20. The molecule has 1 atom stereocenters. The Balaban J connectivity index is 1.38. The van der Waals surface area contributed by atoms with Crippen molar-refractivity contribution in [1.82, 2.24) is 10.2 Å². The second-order valence-electron chi connectivity index (χ2n) is 7.02. The van der Waals surface area contributed by atoms with Crippen LogP contribution < -0.4 is 5.32 Å². The third-order valence-electron chi connectivity index (χ3n) is 5.03. The van der Waals surface area contributed by atoms with Crippen molar-refractivity contribution in [3.63, 3.8) is 0 Å². The number of thiophene rings is 1. The first-order valence-corrected chi connectivity index (χ1v) is 9.82. The van der Waals surface area contributed by atoms with Gasteiger partial charge in [-0.2, -0.15) is 11.3 Å². The normalized spacial score (nSPS) is 19.2. The van der Waals surface area contributed by atoms with Crippen LogP contribution in [0, 0.1) is 0 Å². The number of likely N-dealkylation sites (tertiary alicyclic amines) is 1. The fourth-order valence-corrected chi connectivity index (χ4v) is 4.09. The summed E-state index contributed by atoms with van der Waals surface area (Å²) in [5, 5.41) is 18.2. The van der Waals surface area contributed by atoms with Gasteiger partial charge in [0, 0.05) is 19.1 Å². The molecular weight excluding hydrogens is 316 g/mol. The Morgan fingerprint density at radius 3 is 2.62 bits per heavy atom. The van der Waals surface area contributed by atoms with E-state index in [2.05, 4.69) is 40.5 Å². The molecule has 3 nitrogen and oxygen atoms in total. The van der Waals surface area contributed by atoms with Gasteiger partial charge < -0.3 is 15.3 Å². The van der Waals surface area contributed by atoms with Crippen LogP contribution >= 0.6 is 11.3 Å². The van der Waals surface area contributed by atoms with Crippen LogP contribution in [0.3, 0.4) is 0 Å². The van der Waals surface area contributed by atoms with Gasteiger partial charge in [0.1, 0.15) is 0 Å². The lowest BCUT2D eigenvalue weighted by Crippen LogP contribution is -2.46. The van der Waals surface area contributed by atoms with Crippen molar-refractivity contribution in [2.75, 3.05) is 26.2 Å². The molecule has 0 radical (unpaired) electrons. The third-order valence-corrected chi connectivity index (χ3v) is 5.71. The van der Waals surface area contributed by atoms with Crippen molar-refractivity contribution in [2.45, 2.75) is 37.8 Å². The standard InChI is InChI=1S/C20H28N2OS/c1-20(23,18-10-14-24-15-18)16-21-19-8-12-22(13-9-19)11-7-17-5-3-2-4-6-17/h2-6,10,14-15,19,21,23H,7-9,11-13,16H2,1H3/t20-/m0/s1. The molecule has 0 bridgehead atoms. The van der Waals surface area contributed by atoms with Gasteiger partial charge in [0.05, 0.1) is 5.60 Å². The number of nitrogens with zero attached hydrogens (tertiary/aromatic N) is 1. The number of nitrogens with one attached hydrogen (secondary N) is 1. The molecule has 4 heteroatoms. The molecule has 1 aromatic carbocycles. The molecule has 2 heterocycles. The van der Waals surface area contributed by atoms with Crippen LogP contribution in [0.4, 0.5) is 0 Å².